The molecule has 0 radical (unpaired) electrons. The Morgan fingerprint density at radius 3 is 1.84 bits per heavy atom. The van der Waals surface area contributed by atoms with Gasteiger partial charge in [0.1, 0.15) is 11.5 Å². The molecule has 0 saturated heterocycles. The monoisotopic (exact) mass is 254 g/mol. The van der Waals surface area contributed by atoms with Gasteiger partial charge >= 0.3 is 0 Å². The van der Waals surface area contributed by atoms with Gasteiger partial charge in [0.25, 0.3) is 0 Å². The zero-order valence-electron chi connectivity index (χ0n) is 12.4. The summed E-state index contributed by atoms with van der Waals surface area (Å²) in [5, 5.41) is 0. The van der Waals surface area contributed by atoms with Crippen LogP contribution in [0.3, 0.4) is 0 Å². The number of hydrogen-bond donors (Lipinski definition) is 0. The quantitative estimate of drug-likeness (QED) is 0.697. The Hall–Kier alpha value is -1.76. The molecule has 2 rings (SSSR count). The van der Waals surface area contributed by atoms with Gasteiger partial charge in [0, 0.05) is 0 Å². The molecule has 0 aromatic heterocycles. The lowest BCUT2D eigenvalue weighted by atomic mass is 9.87. The van der Waals surface area contributed by atoms with E-state index in [1.807, 2.05) is 18.2 Å². The van der Waals surface area contributed by atoms with Gasteiger partial charge in [-0.2, -0.15) is 0 Å². The third-order valence-corrected chi connectivity index (χ3v) is 3.43. The first kappa shape index (κ1) is 13.7. The van der Waals surface area contributed by atoms with Crippen LogP contribution in [0.4, 0.5) is 0 Å². The molecule has 0 aliphatic carbocycles. The first-order chi connectivity index (χ1) is 8.86. The summed E-state index contributed by atoms with van der Waals surface area (Å²) in [7, 11) is 0. The molecule has 0 bridgehead atoms. The van der Waals surface area contributed by atoms with Gasteiger partial charge in [0.2, 0.25) is 0 Å². The Morgan fingerprint density at radius 1 is 0.737 bits per heavy atom. The normalized spacial score (nSPS) is 11.4. The highest BCUT2D eigenvalue weighted by Gasteiger charge is 2.13. The highest BCUT2D eigenvalue weighted by atomic mass is 16.5. The number of aryl methyl sites for hydroxylation is 2. The summed E-state index contributed by atoms with van der Waals surface area (Å²) >= 11 is 0. The molecule has 0 spiro atoms. The standard InChI is InChI=1S/C18H22O/c1-13-6-9-17(12-14(13)2)19-16-10-7-15(8-11-16)18(3,4)5/h6-12H,1-5H3. The smallest absolute Gasteiger partial charge is 0.127 e. The van der Waals surface area contributed by atoms with Crippen molar-refractivity contribution < 1.29 is 4.74 Å². The zero-order valence-corrected chi connectivity index (χ0v) is 12.4. The van der Waals surface area contributed by atoms with Gasteiger partial charge in [-0.1, -0.05) is 39.0 Å². The molecule has 2 aromatic rings. The van der Waals surface area contributed by atoms with Gasteiger partial charge in [-0.3, -0.25) is 0 Å². The van der Waals surface area contributed by atoms with E-state index >= 15 is 0 Å². The predicted octanol–water partition coefficient (Wildman–Crippen LogP) is 5.39. The maximum absolute atomic E-state index is 5.88. The minimum absolute atomic E-state index is 0.180. The summed E-state index contributed by atoms with van der Waals surface area (Å²) in [4.78, 5) is 0. The van der Waals surface area contributed by atoms with Gasteiger partial charge < -0.3 is 4.74 Å². The fourth-order valence-electron chi connectivity index (χ4n) is 1.94. The lowest BCUT2D eigenvalue weighted by Gasteiger charge is -2.19. The average Bonchev–Trinajstić information content (AvgIpc) is 2.33. The number of hydrogen-bond acceptors (Lipinski definition) is 1. The lowest BCUT2D eigenvalue weighted by Crippen LogP contribution is -2.10. The van der Waals surface area contributed by atoms with Crippen molar-refractivity contribution in [2.24, 2.45) is 0 Å². The van der Waals surface area contributed by atoms with Gasteiger partial charge in [0.15, 0.2) is 0 Å². The van der Waals surface area contributed by atoms with Gasteiger partial charge in [-0.15, -0.1) is 0 Å². The molecule has 0 aliphatic rings. The minimum Gasteiger partial charge on any atom is -0.457 e. The van der Waals surface area contributed by atoms with Crippen molar-refractivity contribution in [2.45, 2.75) is 40.0 Å². The second kappa shape index (κ2) is 5.08. The lowest BCUT2D eigenvalue weighted by molar-refractivity contribution is 0.481. The summed E-state index contributed by atoms with van der Waals surface area (Å²) in [6, 6.07) is 14.5. The SMILES string of the molecule is Cc1ccc(Oc2ccc(C(C)(C)C)cc2)cc1C. The van der Waals surface area contributed by atoms with Crippen LogP contribution in [0.5, 0.6) is 11.5 Å². The van der Waals surface area contributed by atoms with E-state index in [1.54, 1.807) is 0 Å². The van der Waals surface area contributed by atoms with E-state index in [1.165, 1.54) is 16.7 Å². The van der Waals surface area contributed by atoms with E-state index in [2.05, 4.69) is 58.9 Å². The highest BCUT2D eigenvalue weighted by Crippen LogP contribution is 2.27. The molecule has 0 saturated carbocycles. The van der Waals surface area contributed by atoms with E-state index in [9.17, 15) is 0 Å². The van der Waals surface area contributed by atoms with Crippen LogP contribution in [0.25, 0.3) is 0 Å². The van der Waals surface area contributed by atoms with Crippen LogP contribution < -0.4 is 4.74 Å². The molecule has 1 heteroatoms. The Bertz CT molecular complexity index is 559. The van der Waals surface area contributed by atoms with Crippen LogP contribution in [0.2, 0.25) is 0 Å². The van der Waals surface area contributed by atoms with E-state index in [-0.39, 0.29) is 5.41 Å². The summed E-state index contributed by atoms with van der Waals surface area (Å²) in [6.45, 7) is 10.9. The van der Waals surface area contributed by atoms with Crippen LogP contribution >= 0.6 is 0 Å². The highest BCUT2D eigenvalue weighted by molar-refractivity contribution is 5.38. The van der Waals surface area contributed by atoms with Crippen molar-refractivity contribution in [2.75, 3.05) is 0 Å². The molecule has 0 N–H and O–H groups in total. The number of rotatable bonds is 2. The second-order valence-electron chi connectivity index (χ2n) is 6.12. The van der Waals surface area contributed by atoms with E-state index in [0.29, 0.717) is 0 Å². The van der Waals surface area contributed by atoms with Crippen molar-refractivity contribution in [1.82, 2.24) is 0 Å². The topological polar surface area (TPSA) is 9.23 Å². The summed E-state index contributed by atoms with van der Waals surface area (Å²) in [5.41, 5.74) is 4.04. The molecular weight excluding hydrogens is 232 g/mol. The molecule has 0 aliphatic heterocycles. The Kier molecular flexibility index (Phi) is 3.66. The first-order valence-corrected chi connectivity index (χ1v) is 6.72. The number of ether oxygens (including phenoxy) is 1. The summed E-state index contributed by atoms with van der Waals surface area (Å²) in [6.07, 6.45) is 0. The summed E-state index contributed by atoms with van der Waals surface area (Å²) in [5.74, 6) is 1.78. The van der Waals surface area contributed by atoms with Crippen LogP contribution in [-0.4, -0.2) is 0 Å². The molecule has 0 atom stereocenters. The fourth-order valence-corrected chi connectivity index (χ4v) is 1.94. The molecule has 0 unspecified atom stereocenters. The third-order valence-electron chi connectivity index (χ3n) is 3.43. The van der Waals surface area contributed by atoms with Crippen molar-refractivity contribution in [3.8, 4) is 11.5 Å². The van der Waals surface area contributed by atoms with Crippen LogP contribution in [0, 0.1) is 13.8 Å². The maximum atomic E-state index is 5.88. The van der Waals surface area contributed by atoms with Crippen molar-refractivity contribution >= 4 is 0 Å². The molecule has 1 nitrogen and oxygen atoms in total. The van der Waals surface area contributed by atoms with E-state index in [0.717, 1.165) is 11.5 Å². The second-order valence-corrected chi connectivity index (χ2v) is 6.12. The molecule has 0 fully saturated rings. The van der Waals surface area contributed by atoms with E-state index in [4.69, 9.17) is 4.74 Å². The van der Waals surface area contributed by atoms with Crippen LogP contribution in [-0.2, 0) is 5.41 Å². The van der Waals surface area contributed by atoms with Gasteiger partial charge in [-0.05, 0) is 60.2 Å². The molecular formula is C18H22O. The Morgan fingerprint density at radius 2 is 1.32 bits per heavy atom. The zero-order chi connectivity index (χ0) is 14.0. The first-order valence-electron chi connectivity index (χ1n) is 6.72. The number of benzene rings is 2. The average molecular weight is 254 g/mol. The van der Waals surface area contributed by atoms with E-state index < -0.39 is 0 Å². The molecule has 100 valence electrons. The summed E-state index contributed by atoms with van der Waals surface area (Å²) < 4.78 is 5.88. The van der Waals surface area contributed by atoms with Crippen molar-refractivity contribution in [3.63, 3.8) is 0 Å². The van der Waals surface area contributed by atoms with Crippen LogP contribution in [0.1, 0.15) is 37.5 Å². The maximum Gasteiger partial charge on any atom is 0.127 e. The molecule has 0 heterocycles. The molecule has 2 aromatic carbocycles. The fraction of sp³-hybridized carbons (Fsp3) is 0.333. The Balaban J connectivity index is 2.17. The molecule has 19 heavy (non-hydrogen) atoms. The predicted molar refractivity (Wildman–Crippen MR) is 81.1 cm³/mol. The van der Waals surface area contributed by atoms with Crippen LogP contribution in [0.15, 0.2) is 42.5 Å². The van der Waals surface area contributed by atoms with Crippen molar-refractivity contribution in [1.29, 1.82) is 0 Å². The largest absolute Gasteiger partial charge is 0.457 e. The van der Waals surface area contributed by atoms with Crippen molar-refractivity contribution in [3.05, 3.63) is 59.2 Å². The van der Waals surface area contributed by atoms with Gasteiger partial charge in [-0.25, -0.2) is 0 Å². The minimum atomic E-state index is 0.180. The Labute approximate surface area is 116 Å². The third kappa shape index (κ3) is 3.37. The molecule has 0 amide bonds. The van der Waals surface area contributed by atoms with Gasteiger partial charge in [0.05, 0.1) is 0 Å².